The van der Waals surface area contributed by atoms with Gasteiger partial charge in [-0.1, -0.05) is 51.3 Å². The first kappa shape index (κ1) is 23.1. The van der Waals surface area contributed by atoms with Crippen molar-refractivity contribution in [2.24, 2.45) is 0 Å². The first-order chi connectivity index (χ1) is 13.7. The molecule has 0 fully saturated rings. The van der Waals surface area contributed by atoms with E-state index >= 15 is 0 Å². The van der Waals surface area contributed by atoms with Crippen molar-refractivity contribution in [3.8, 4) is 0 Å². The number of nitrogen functional groups attached to an aromatic ring is 1. The zero-order chi connectivity index (χ0) is 21.6. The number of nitrogens with two attached hydrogens (primary N) is 1. The van der Waals surface area contributed by atoms with Crippen LogP contribution in [0.5, 0.6) is 0 Å². The summed E-state index contributed by atoms with van der Waals surface area (Å²) in [5.41, 5.74) is 6.58. The Bertz CT molecular complexity index is 905. The van der Waals surface area contributed by atoms with Gasteiger partial charge < -0.3 is 20.5 Å². The molecule has 9 heteroatoms. The summed E-state index contributed by atoms with van der Waals surface area (Å²) in [6.07, 6.45) is 3.28. The van der Waals surface area contributed by atoms with Crippen LogP contribution in [-0.2, 0) is 9.09 Å². The molecule has 0 aliphatic carbocycles. The maximum atomic E-state index is 13.0. The standard InChI is InChI=1S/C20H30N3O5P/c1-4-6-7-12-19(29(26,27)28-14(3)5-2)22-20-16-11-9-8-10-15(16)18(23(24)25)13-17(20)21/h8-11,13-14,19,22H,4-7,12,21H2,1-3H3,(H,26,27). The first-order valence-corrected chi connectivity index (χ1v) is 11.6. The minimum atomic E-state index is -4.01. The predicted molar refractivity (Wildman–Crippen MR) is 117 cm³/mol. The van der Waals surface area contributed by atoms with Crippen LogP contribution in [0.1, 0.15) is 52.9 Å². The molecular formula is C20H30N3O5P. The Morgan fingerprint density at radius 3 is 2.52 bits per heavy atom. The van der Waals surface area contributed by atoms with Gasteiger partial charge in [-0.15, -0.1) is 0 Å². The van der Waals surface area contributed by atoms with Crippen molar-refractivity contribution < 1.29 is 18.9 Å². The topological polar surface area (TPSA) is 128 Å². The molecule has 0 bridgehead atoms. The van der Waals surface area contributed by atoms with E-state index in [1.165, 1.54) is 6.07 Å². The smallest absolute Gasteiger partial charge is 0.350 e. The summed E-state index contributed by atoms with van der Waals surface area (Å²) in [5, 5.41) is 15.5. The zero-order valence-corrected chi connectivity index (χ0v) is 18.0. The van der Waals surface area contributed by atoms with Gasteiger partial charge in [0.2, 0.25) is 0 Å². The molecule has 0 radical (unpaired) electrons. The summed E-state index contributed by atoms with van der Waals surface area (Å²) in [4.78, 5) is 21.6. The number of benzene rings is 2. The third-order valence-electron chi connectivity index (χ3n) is 4.94. The Kier molecular flexibility index (Phi) is 8.02. The highest BCUT2D eigenvalue weighted by molar-refractivity contribution is 7.53. The fourth-order valence-electron chi connectivity index (χ4n) is 3.17. The number of rotatable bonds is 11. The Labute approximate surface area is 171 Å². The van der Waals surface area contributed by atoms with E-state index in [1.54, 1.807) is 31.2 Å². The second-order valence-electron chi connectivity index (χ2n) is 7.21. The van der Waals surface area contributed by atoms with E-state index in [0.29, 0.717) is 29.3 Å². The highest BCUT2D eigenvalue weighted by Crippen LogP contribution is 2.52. The minimum absolute atomic E-state index is 0.103. The normalized spacial score (nSPS) is 15.6. The van der Waals surface area contributed by atoms with E-state index < -0.39 is 18.3 Å². The summed E-state index contributed by atoms with van der Waals surface area (Å²) in [7, 11) is -4.01. The molecule has 2 aromatic rings. The first-order valence-electron chi connectivity index (χ1n) is 9.94. The molecule has 2 aromatic carbocycles. The second-order valence-corrected chi connectivity index (χ2v) is 9.17. The van der Waals surface area contributed by atoms with Gasteiger partial charge >= 0.3 is 7.60 Å². The van der Waals surface area contributed by atoms with Crippen LogP contribution in [0.3, 0.4) is 0 Å². The van der Waals surface area contributed by atoms with E-state index in [1.807, 2.05) is 6.92 Å². The van der Waals surface area contributed by atoms with E-state index in [9.17, 15) is 19.6 Å². The minimum Gasteiger partial charge on any atom is -0.397 e. The molecule has 0 heterocycles. The highest BCUT2D eigenvalue weighted by Gasteiger charge is 2.34. The number of unbranched alkanes of at least 4 members (excludes halogenated alkanes) is 2. The lowest BCUT2D eigenvalue weighted by molar-refractivity contribution is -0.383. The molecule has 0 amide bonds. The van der Waals surface area contributed by atoms with Crippen LogP contribution in [0.2, 0.25) is 0 Å². The Balaban J connectivity index is 2.48. The number of fused-ring (bicyclic) bond motifs is 1. The summed E-state index contributed by atoms with van der Waals surface area (Å²) in [6, 6.07) is 8.08. The van der Waals surface area contributed by atoms with Gasteiger partial charge in [0.25, 0.3) is 5.69 Å². The van der Waals surface area contributed by atoms with Gasteiger partial charge in [-0.05, 0) is 25.8 Å². The van der Waals surface area contributed by atoms with E-state index in [0.717, 1.165) is 19.3 Å². The molecule has 0 saturated carbocycles. The number of anilines is 2. The molecule has 3 atom stereocenters. The molecule has 0 spiro atoms. The molecule has 3 unspecified atom stereocenters. The largest absolute Gasteiger partial charge is 0.397 e. The fourth-order valence-corrected chi connectivity index (χ4v) is 4.78. The van der Waals surface area contributed by atoms with Gasteiger partial charge in [-0.2, -0.15) is 0 Å². The van der Waals surface area contributed by atoms with Crippen molar-refractivity contribution in [2.75, 3.05) is 11.1 Å². The molecule has 29 heavy (non-hydrogen) atoms. The molecule has 2 rings (SSSR count). The van der Waals surface area contributed by atoms with Crippen molar-refractivity contribution in [1.29, 1.82) is 0 Å². The highest BCUT2D eigenvalue weighted by atomic mass is 31.2. The Hall–Kier alpha value is -2.15. The predicted octanol–water partition coefficient (Wildman–Crippen LogP) is 5.65. The number of nitro benzene ring substituents is 1. The summed E-state index contributed by atoms with van der Waals surface area (Å²) >= 11 is 0. The maximum Gasteiger partial charge on any atom is 0.350 e. The quantitative estimate of drug-likeness (QED) is 0.140. The van der Waals surface area contributed by atoms with Gasteiger partial charge in [0.15, 0.2) is 0 Å². The van der Waals surface area contributed by atoms with Gasteiger partial charge in [0.1, 0.15) is 5.78 Å². The molecule has 160 valence electrons. The van der Waals surface area contributed by atoms with E-state index in [-0.39, 0.29) is 17.5 Å². The van der Waals surface area contributed by atoms with Gasteiger partial charge in [0, 0.05) is 11.5 Å². The summed E-state index contributed by atoms with van der Waals surface area (Å²) in [5.74, 6) is -0.866. The number of hydrogen-bond donors (Lipinski definition) is 3. The lowest BCUT2D eigenvalue weighted by atomic mass is 10.0. The summed E-state index contributed by atoms with van der Waals surface area (Å²) < 4.78 is 18.5. The number of nitrogens with zero attached hydrogens (tertiary/aromatic N) is 1. The van der Waals surface area contributed by atoms with Crippen molar-refractivity contribution in [3.63, 3.8) is 0 Å². The molecular weight excluding hydrogens is 393 g/mol. The van der Waals surface area contributed by atoms with Gasteiger partial charge in [0.05, 0.1) is 27.8 Å². The van der Waals surface area contributed by atoms with Crippen LogP contribution in [-0.4, -0.2) is 21.7 Å². The van der Waals surface area contributed by atoms with Crippen LogP contribution in [0.4, 0.5) is 17.1 Å². The number of hydrogen-bond acceptors (Lipinski definition) is 6. The average molecular weight is 423 g/mol. The molecule has 0 saturated heterocycles. The monoisotopic (exact) mass is 423 g/mol. The van der Waals surface area contributed by atoms with Crippen LogP contribution in [0, 0.1) is 10.1 Å². The van der Waals surface area contributed by atoms with Gasteiger partial charge in [-0.25, -0.2) is 0 Å². The van der Waals surface area contributed by atoms with Crippen molar-refractivity contribution in [1.82, 2.24) is 0 Å². The van der Waals surface area contributed by atoms with Crippen LogP contribution >= 0.6 is 7.60 Å². The number of non-ortho nitro benzene ring substituents is 1. The van der Waals surface area contributed by atoms with Crippen LogP contribution in [0.15, 0.2) is 30.3 Å². The third kappa shape index (κ3) is 5.69. The molecule has 0 aromatic heterocycles. The number of nitrogens with one attached hydrogen (secondary N) is 1. The van der Waals surface area contributed by atoms with Gasteiger partial charge in [-0.3, -0.25) is 14.7 Å². The lowest BCUT2D eigenvalue weighted by Gasteiger charge is -2.28. The molecule has 4 N–H and O–H groups in total. The molecule has 8 nitrogen and oxygen atoms in total. The van der Waals surface area contributed by atoms with Crippen molar-refractivity contribution >= 4 is 35.4 Å². The fraction of sp³-hybridized carbons (Fsp3) is 0.500. The Morgan fingerprint density at radius 2 is 1.93 bits per heavy atom. The third-order valence-corrected chi connectivity index (χ3v) is 6.78. The van der Waals surface area contributed by atoms with Crippen LogP contribution < -0.4 is 11.1 Å². The molecule has 0 aliphatic heterocycles. The Morgan fingerprint density at radius 1 is 1.28 bits per heavy atom. The van der Waals surface area contributed by atoms with Crippen molar-refractivity contribution in [3.05, 3.63) is 40.4 Å². The second kappa shape index (κ2) is 10.1. The number of nitro groups is 1. The van der Waals surface area contributed by atoms with E-state index in [4.69, 9.17) is 10.3 Å². The van der Waals surface area contributed by atoms with Crippen molar-refractivity contribution in [2.45, 2.75) is 64.8 Å². The molecule has 0 aliphatic rings. The van der Waals surface area contributed by atoms with E-state index in [2.05, 4.69) is 12.2 Å². The van der Waals surface area contributed by atoms with Crippen LogP contribution in [0.25, 0.3) is 10.8 Å². The zero-order valence-electron chi connectivity index (χ0n) is 17.1. The summed E-state index contributed by atoms with van der Waals surface area (Å²) in [6.45, 7) is 5.69. The average Bonchev–Trinajstić information content (AvgIpc) is 2.67. The lowest BCUT2D eigenvalue weighted by Crippen LogP contribution is -2.24. The SMILES string of the molecule is CCCCCC(Nc1c(N)cc([N+](=O)[O-])c2ccccc12)P(=O)(O)OC(C)CC. The maximum absolute atomic E-state index is 13.0.